The predicted octanol–water partition coefficient (Wildman–Crippen LogP) is 2.99. The van der Waals surface area contributed by atoms with Crippen LogP contribution in [-0.4, -0.2) is 23.1 Å². The van der Waals surface area contributed by atoms with E-state index in [4.69, 9.17) is 5.11 Å². The molecule has 5 nitrogen and oxygen atoms in total. The summed E-state index contributed by atoms with van der Waals surface area (Å²) in [7, 11) is 0. The van der Waals surface area contributed by atoms with Gasteiger partial charge in [-0.25, -0.2) is 4.79 Å². The van der Waals surface area contributed by atoms with Gasteiger partial charge in [0.05, 0.1) is 5.92 Å². The van der Waals surface area contributed by atoms with Crippen LogP contribution < -0.4 is 10.6 Å². The number of carboxylic acid groups (broad SMARTS) is 1. The van der Waals surface area contributed by atoms with Gasteiger partial charge >= 0.3 is 12.0 Å². The molecule has 0 heterocycles. The summed E-state index contributed by atoms with van der Waals surface area (Å²) in [4.78, 5) is 23.0. The van der Waals surface area contributed by atoms with Crippen LogP contribution in [0, 0.1) is 26.7 Å². The summed E-state index contributed by atoms with van der Waals surface area (Å²) >= 11 is 0. The topological polar surface area (TPSA) is 78.4 Å². The highest BCUT2D eigenvalue weighted by molar-refractivity contribution is 5.91. The van der Waals surface area contributed by atoms with Gasteiger partial charge in [-0.05, 0) is 51.2 Å². The summed E-state index contributed by atoms with van der Waals surface area (Å²) in [5.41, 5.74) is 4.04. The van der Waals surface area contributed by atoms with E-state index in [1.165, 1.54) is 0 Å². The Morgan fingerprint density at radius 2 is 1.76 bits per heavy atom. The highest BCUT2D eigenvalue weighted by Crippen LogP contribution is 2.26. The van der Waals surface area contributed by atoms with Gasteiger partial charge in [0.25, 0.3) is 0 Å². The number of rotatable bonds is 3. The average Bonchev–Trinajstić information content (AvgIpc) is 2.82. The fraction of sp³-hybridized carbons (Fsp3) is 0.500. The minimum Gasteiger partial charge on any atom is -0.481 e. The van der Waals surface area contributed by atoms with Crippen molar-refractivity contribution in [3.63, 3.8) is 0 Å². The number of benzene rings is 1. The van der Waals surface area contributed by atoms with Gasteiger partial charge in [-0.2, -0.15) is 0 Å². The first-order valence-corrected chi connectivity index (χ1v) is 7.25. The molecule has 0 aliphatic heterocycles. The van der Waals surface area contributed by atoms with Crippen LogP contribution in [0.15, 0.2) is 12.1 Å². The number of carbonyl (C=O) groups is 2. The van der Waals surface area contributed by atoms with Gasteiger partial charge in [0.2, 0.25) is 0 Å². The molecular weight excluding hydrogens is 268 g/mol. The van der Waals surface area contributed by atoms with E-state index in [-0.39, 0.29) is 18.0 Å². The Labute approximate surface area is 124 Å². The van der Waals surface area contributed by atoms with Crippen molar-refractivity contribution < 1.29 is 14.7 Å². The standard InChI is InChI=1S/C16H22N2O3/c1-9-6-10(2)14(11(3)7-9)18-16(21)17-13-5-4-12(8-13)15(19)20/h6-7,12-13H,4-5,8H2,1-3H3,(H,19,20)(H2,17,18,21)/t12-,13+/m1/s1. The molecule has 2 amide bonds. The van der Waals surface area contributed by atoms with E-state index >= 15 is 0 Å². The molecule has 1 aliphatic rings. The molecule has 1 aliphatic carbocycles. The molecule has 1 saturated carbocycles. The number of carboxylic acids is 1. The van der Waals surface area contributed by atoms with E-state index in [9.17, 15) is 9.59 Å². The number of urea groups is 1. The number of nitrogens with one attached hydrogen (secondary N) is 2. The van der Waals surface area contributed by atoms with E-state index < -0.39 is 5.97 Å². The molecule has 2 rings (SSSR count). The number of aliphatic carboxylic acids is 1. The van der Waals surface area contributed by atoms with Crippen LogP contribution in [0.2, 0.25) is 0 Å². The van der Waals surface area contributed by atoms with Crippen LogP contribution in [0.3, 0.4) is 0 Å². The fourth-order valence-corrected chi connectivity index (χ4v) is 3.05. The van der Waals surface area contributed by atoms with Crippen molar-refractivity contribution in [3.05, 3.63) is 28.8 Å². The summed E-state index contributed by atoms with van der Waals surface area (Å²) in [5, 5.41) is 14.7. The maximum atomic E-state index is 12.1. The first kappa shape index (κ1) is 15.4. The van der Waals surface area contributed by atoms with Gasteiger partial charge < -0.3 is 15.7 Å². The summed E-state index contributed by atoms with van der Waals surface area (Å²) in [5.74, 6) is -1.11. The number of amides is 2. The van der Waals surface area contributed by atoms with Crippen molar-refractivity contribution in [2.24, 2.45) is 5.92 Å². The van der Waals surface area contributed by atoms with Crippen LogP contribution in [-0.2, 0) is 4.79 Å². The maximum Gasteiger partial charge on any atom is 0.319 e. The van der Waals surface area contributed by atoms with Gasteiger partial charge in [-0.15, -0.1) is 0 Å². The number of hydrogen-bond acceptors (Lipinski definition) is 2. The van der Waals surface area contributed by atoms with Crippen LogP contribution >= 0.6 is 0 Å². The summed E-state index contributed by atoms with van der Waals surface area (Å²) in [6.07, 6.45) is 1.85. The van der Waals surface area contributed by atoms with Crippen molar-refractivity contribution >= 4 is 17.7 Å². The van der Waals surface area contributed by atoms with Crippen LogP contribution in [0.5, 0.6) is 0 Å². The number of anilines is 1. The molecule has 0 spiro atoms. The van der Waals surface area contributed by atoms with E-state index in [1.807, 2.05) is 32.9 Å². The monoisotopic (exact) mass is 290 g/mol. The molecule has 0 radical (unpaired) electrons. The molecule has 2 atom stereocenters. The van der Waals surface area contributed by atoms with Crippen molar-refractivity contribution in [1.82, 2.24) is 5.32 Å². The van der Waals surface area contributed by atoms with E-state index in [0.29, 0.717) is 12.8 Å². The number of carbonyl (C=O) groups excluding carboxylic acids is 1. The Bertz CT molecular complexity index is 546. The number of hydrogen-bond donors (Lipinski definition) is 3. The molecule has 21 heavy (non-hydrogen) atoms. The second-order valence-corrected chi connectivity index (χ2v) is 5.92. The Balaban J connectivity index is 1.96. The normalized spacial score (nSPS) is 21.1. The van der Waals surface area contributed by atoms with Gasteiger partial charge in [0, 0.05) is 11.7 Å². The van der Waals surface area contributed by atoms with Crippen molar-refractivity contribution in [3.8, 4) is 0 Å². The second kappa shape index (κ2) is 6.16. The Morgan fingerprint density at radius 1 is 1.14 bits per heavy atom. The maximum absolute atomic E-state index is 12.1. The average molecular weight is 290 g/mol. The van der Waals surface area contributed by atoms with Crippen molar-refractivity contribution in [1.29, 1.82) is 0 Å². The minimum atomic E-state index is -0.773. The molecule has 0 saturated heterocycles. The lowest BCUT2D eigenvalue weighted by Crippen LogP contribution is -2.37. The summed E-state index contributed by atoms with van der Waals surface area (Å²) in [6.45, 7) is 5.95. The highest BCUT2D eigenvalue weighted by atomic mass is 16.4. The minimum absolute atomic E-state index is 0.0582. The fourth-order valence-electron chi connectivity index (χ4n) is 3.05. The molecule has 1 aromatic rings. The summed E-state index contributed by atoms with van der Waals surface area (Å²) < 4.78 is 0. The zero-order valence-electron chi connectivity index (χ0n) is 12.7. The molecular formula is C16H22N2O3. The van der Waals surface area contributed by atoms with Gasteiger partial charge in [0.1, 0.15) is 0 Å². The zero-order chi connectivity index (χ0) is 15.6. The Kier molecular flexibility index (Phi) is 4.50. The molecule has 0 unspecified atom stereocenters. The lowest BCUT2D eigenvalue weighted by atomic mass is 10.1. The Hall–Kier alpha value is -2.04. The van der Waals surface area contributed by atoms with E-state index in [1.54, 1.807) is 0 Å². The molecule has 1 aromatic carbocycles. The van der Waals surface area contributed by atoms with Gasteiger partial charge in [0.15, 0.2) is 0 Å². The SMILES string of the molecule is Cc1cc(C)c(NC(=O)N[C@H]2CC[C@@H](C(=O)O)C2)c(C)c1. The first-order valence-electron chi connectivity index (χ1n) is 7.25. The van der Waals surface area contributed by atoms with Gasteiger partial charge in [-0.1, -0.05) is 17.7 Å². The van der Waals surface area contributed by atoms with E-state index in [0.717, 1.165) is 28.8 Å². The third kappa shape index (κ3) is 3.74. The number of aryl methyl sites for hydroxylation is 3. The van der Waals surface area contributed by atoms with Crippen LogP contribution in [0.25, 0.3) is 0 Å². The molecule has 114 valence electrons. The second-order valence-electron chi connectivity index (χ2n) is 5.92. The van der Waals surface area contributed by atoms with Crippen molar-refractivity contribution in [2.75, 3.05) is 5.32 Å². The van der Waals surface area contributed by atoms with E-state index in [2.05, 4.69) is 10.6 Å². The quantitative estimate of drug-likeness (QED) is 0.800. The lowest BCUT2D eigenvalue weighted by Gasteiger charge is -2.16. The lowest BCUT2D eigenvalue weighted by molar-refractivity contribution is -0.141. The molecule has 1 fully saturated rings. The smallest absolute Gasteiger partial charge is 0.319 e. The van der Waals surface area contributed by atoms with Crippen LogP contribution in [0.1, 0.15) is 36.0 Å². The van der Waals surface area contributed by atoms with Crippen molar-refractivity contribution in [2.45, 2.75) is 46.1 Å². The summed E-state index contributed by atoms with van der Waals surface area (Å²) in [6, 6.07) is 3.73. The highest BCUT2D eigenvalue weighted by Gasteiger charge is 2.30. The third-order valence-electron chi connectivity index (χ3n) is 4.03. The zero-order valence-corrected chi connectivity index (χ0v) is 12.7. The molecule has 5 heteroatoms. The molecule has 0 bridgehead atoms. The van der Waals surface area contributed by atoms with Gasteiger partial charge in [-0.3, -0.25) is 4.79 Å². The largest absolute Gasteiger partial charge is 0.481 e. The third-order valence-corrected chi connectivity index (χ3v) is 4.03. The predicted molar refractivity (Wildman–Crippen MR) is 81.6 cm³/mol. The van der Waals surface area contributed by atoms with Crippen LogP contribution in [0.4, 0.5) is 10.5 Å². The Morgan fingerprint density at radius 3 is 2.29 bits per heavy atom. The molecule has 3 N–H and O–H groups in total. The first-order chi connectivity index (χ1) is 9.86. The molecule has 0 aromatic heterocycles.